The quantitative estimate of drug-likeness (QED) is 0.471. The topological polar surface area (TPSA) is 75.7 Å². The number of aliphatic imine (C=N–C) groups is 1. The number of alkyl halides is 3. The molecule has 0 aliphatic heterocycles. The van der Waals surface area contributed by atoms with Gasteiger partial charge >= 0.3 is 6.18 Å². The molecular weight excluding hydrogens is 415 g/mol. The summed E-state index contributed by atoms with van der Waals surface area (Å²) in [7, 11) is 0. The maximum absolute atomic E-state index is 12.9. The smallest absolute Gasteiger partial charge is 0.453 e. The van der Waals surface area contributed by atoms with Gasteiger partial charge in [0.2, 0.25) is 4.96 Å². The number of fused-ring (bicyclic) bond motifs is 1. The fourth-order valence-electron chi connectivity index (χ4n) is 2.37. The molecule has 0 amide bonds. The second kappa shape index (κ2) is 6.88. The van der Waals surface area contributed by atoms with Crippen molar-refractivity contribution in [3.8, 4) is 16.3 Å². The molecule has 0 saturated carbocycles. The van der Waals surface area contributed by atoms with Crippen LogP contribution in [0.4, 0.5) is 18.9 Å². The number of aromatic nitrogens is 4. The van der Waals surface area contributed by atoms with E-state index in [9.17, 15) is 18.3 Å². The fraction of sp³-hybridized carbons (Fsp3) is 0.0588. The molecule has 0 fully saturated rings. The Morgan fingerprint density at radius 3 is 2.57 bits per heavy atom. The number of nitrogens with zero attached hydrogens (tertiary/aromatic N) is 5. The minimum absolute atomic E-state index is 0.0463. The van der Waals surface area contributed by atoms with Crippen molar-refractivity contribution in [2.24, 2.45) is 4.99 Å². The average molecular weight is 424 g/mol. The highest BCUT2D eigenvalue weighted by Crippen LogP contribution is 2.32. The highest BCUT2D eigenvalue weighted by Gasteiger charge is 2.38. The lowest BCUT2D eigenvalue weighted by molar-refractivity contribution is -0.146. The summed E-state index contributed by atoms with van der Waals surface area (Å²) >= 11 is 6.89. The zero-order valence-electron chi connectivity index (χ0n) is 13.7. The van der Waals surface area contributed by atoms with Crippen LogP contribution in [0.25, 0.3) is 15.5 Å². The molecule has 0 aliphatic rings. The summed E-state index contributed by atoms with van der Waals surface area (Å²) < 4.78 is 39.4. The molecule has 1 N–H and O–H groups in total. The van der Waals surface area contributed by atoms with Crippen molar-refractivity contribution in [1.82, 2.24) is 19.8 Å². The fourth-order valence-corrected chi connectivity index (χ4v) is 3.40. The molecule has 0 atom stereocenters. The Kier molecular flexibility index (Phi) is 4.52. The molecule has 142 valence electrons. The minimum atomic E-state index is -4.63. The van der Waals surface area contributed by atoms with Crippen molar-refractivity contribution >= 4 is 39.8 Å². The average Bonchev–Trinajstić information content (AvgIpc) is 3.23. The third-order valence-corrected chi connectivity index (χ3v) is 4.88. The van der Waals surface area contributed by atoms with Crippen LogP contribution < -0.4 is 0 Å². The first-order valence-corrected chi connectivity index (χ1v) is 8.93. The standard InChI is InChI=1S/C17H9ClF3N5OS/c18-11-3-6-13(27)10(7-11)8-22-12-4-1-9(2-5-12)14-25-26-15(17(19,20)21)23-24-16(26)28-14/h1-8,27H. The third-order valence-electron chi connectivity index (χ3n) is 3.70. The molecular formula is C17H9ClF3N5OS. The first-order valence-electron chi connectivity index (χ1n) is 7.74. The molecule has 28 heavy (non-hydrogen) atoms. The van der Waals surface area contributed by atoms with Gasteiger partial charge in [-0.2, -0.15) is 22.8 Å². The van der Waals surface area contributed by atoms with Crippen LogP contribution in [0.15, 0.2) is 47.5 Å². The number of hydrogen-bond donors (Lipinski definition) is 1. The Morgan fingerprint density at radius 1 is 1.11 bits per heavy atom. The van der Waals surface area contributed by atoms with Crippen LogP contribution >= 0.6 is 22.9 Å². The summed E-state index contributed by atoms with van der Waals surface area (Å²) in [5, 5.41) is 21.2. The van der Waals surface area contributed by atoms with E-state index >= 15 is 0 Å². The van der Waals surface area contributed by atoms with Crippen LogP contribution in [0.1, 0.15) is 11.4 Å². The van der Waals surface area contributed by atoms with E-state index < -0.39 is 12.0 Å². The SMILES string of the molecule is Oc1ccc(Cl)cc1C=Nc1ccc(-c2nn3c(C(F)(F)F)nnc3s2)cc1. The molecule has 2 aromatic carbocycles. The first kappa shape index (κ1) is 18.4. The summed E-state index contributed by atoms with van der Waals surface area (Å²) in [4.78, 5) is 4.31. The van der Waals surface area contributed by atoms with Crippen molar-refractivity contribution in [1.29, 1.82) is 0 Å². The Bertz CT molecular complexity index is 1180. The van der Waals surface area contributed by atoms with Crippen molar-refractivity contribution in [3.05, 3.63) is 58.9 Å². The monoisotopic (exact) mass is 423 g/mol. The van der Waals surface area contributed by atoms with Crippen LogP contribution in [0.3, 0.4) is 0 Å². The van der Waals surface area contributed by atoms with Crippen LogP contribution in [-0.2, 0) is 6.18 Å². The summed E-state index contributed by atoms with van der Waals surface area (Å²) in [6.07, 6.45) is -3.16. The highest BCUT2D eigenvalue weighted by molar-refractivity contribution is 7.19. The van der Waals surface area contributed by atoms with Crippen molar-refractivity contribution in [3.63, 3.8) is 0 Å². The van der Waals surface area contributed by atoms with Crippen molar-refractivity contribution < 1.29 is 18.3 Å². The van der Waals surface area contributed by atoms with Gasteiger partial charge in [0.25, 0.3) is 5.82 Å². The zero-order valence-corrected chi connectivity index (χ0v) is 15.3. The number of halogens is 4. The molecule has 0 saturated heterocycles. The Labute approximate surface area is 164 Å². The van der Waals surface area contributed by atoms with E-state index in [1.165, 1.54) is 12.3 Å². The molecule has 2 aromatic heterocycles. The van der Waals surface area contributed by atoms with Crippen molar-refractivity contribution in [2.75, 3.05) is 0 Å². The van der Waals surface area contributed by atoms with Crippen molar-refractivity contribution in [2.45, 2.75) is 6.18 Å². The van der Waals surface area contributed by atoms with E-state index in [1.54, 1.807) is 36.4 Å². The lowest BCUT2D eigenvalue weighted by atomic mass is 10.2. The Balaban J connectivity index is 1.60. The summed E-state index contributed by atoms with van der Waals surface area (Å²) in [5.74, 6) is -1.11. The van der Waals surface area contributed by atoms with E-state index in [-0.39, 0.29) is 10.7 Å². The molecule has 0 spiro atoms. The predicted octanol–water partition coefficient (Wildman–Crippen LogP) is 4.98. The van der Waals surface area contributed by atoms with E-state index in [2.05, 4.69) is 20.3 Å². The number of benzene rings is 2. The van der Waals surface area contributed by atoms with E-state index in [4.69, 9.17) is 11.6 Å². The van der Waals surface area contributed by atoms with Gasteiger partial charge in [-0.3, -0.25) is 4.99 Å². The number of aromatic hydroxyl groups is 1. The molecule has 2 heterocycles. The number of phenolic OH excluding ortho intramolecular Hbond substituents is 1. The van der Waals surface area contributed by atoms with Crippen LogP contribution in [0, 0.1) is 0 Å². The Hall–Kier alpha value is -2.98. The summed E-state index contributed by atoms with van der Waals surface area (Å²) in [6, 6.07) is 11.3. The zero-order chi connectivity index (χ0) is 19.9. The lowest BCUT2D eigenvalue weighted by Crippen LogP contribution is -2.11. The largest absolute Gasteiger partial charge is 0.507 e. The van der Waals surface area contributed by atoms with Gasteiger partial charge in [-0.05, 0) is 42.5 Å². The maximum Gasteiger partial charge on any atom is 0.453 e. The van der Waals surface area contributed by atoms with Gasteiger partial charge in [0.15, 0.2) is 0 Å². The molecule has 0 unspecified atom stereocenters. The first-order chi connectivity index (χ1) is 13.3. The molecule has 4 rings (SSSR count). The van der Waals surface area contributed by atoms with Crippen LogP contribution in [-0.4, -0.2) is 31.1 Å². The Morgan fingerprint density at radius 2 is 1.86 bits per heavy atom. The summed E-state index contributed by atoms with van der Waals surface area (Å²) in [5.41, 5.74) is 1.67. The van der Waals surface area contributed by atoms with Gasteiger partial charge in [0.05, 0.1) is 5.69 Å². The van der Waals surface area contributed by atoms with E-state index in [0.29, 0.717) is 31.4 Å². The molecule has 6 nitrogen and oxygen atoms in total. The summed E-state index contributed by atoms with van der Waals surface area (Å²) in [6.45, 7) is 0. The van der Waals surface area contributed by atoms with Gasteiger partial charge in [-0.15, -0.1) is 10.2 Å². The number of hydrogen-bond acceptors (Lipinski definition) is 6. The van der Waals surface area contributed by atoms with Gasteiger partial charge in [-0.1, -0.05) is 22.9 Å². The van der Waals surface area contributed by atoms with Crippen LogP contribution in [0.5, 0.6) is 5.75 Å². The van der Waals surface area contributed by atoms with Gasteiger partial charge in [0.1, 0.15) is 10.8 Å². The van der Waals surface area contributed by atoms with Crippen LogP contribution in [0.2, 0.25) is 5.02 Å². The molecule has 4 aromatic rings. The lowest BCUT2D eigenvalue weighted by Gasteiger charge is -2.01. The second-order valence-corrected chi connectivity index (χ2v) is 7.02. The highest BCUT2D eigenvalue weighted by atomic mass is 35.5. The molecule has 0 aliphatic carbocycles. The minimum Gasteiger partial charge on any atom is -0.507 e. The third kappa shape index (κ3) is 3.56. The number of phenols is 1. The molecule has 0 radical (unpaired) electrons. The predicted molar refractivity (Wildman–Crippen MR) is 99.5 cm³/mol. The molecule has 0 bridgehead atoms. The van der Waals surface area contributed by atoms with Gasteiger partial charge in [0, 0.05) is 22.4 Å². The normalized spacial score (nSPS) is 12.3. The second-order valence-electron chi connectivity index (χ2n) is 5.63. The van der Waals surface area contributed by atoms with E-state index in [1.807, 2.05) is 0 Å². The number of rotatable bonds is 3. The van der Waals surface area contributed by atoms with Gasteiger partial charge < -0.3 is 5.11 Å². The van der Waals surface area contributed by atoms with E-state index in [0.717, 1.165) is 11.3 Å². The maximum atomic E-state index is 12.9. The van der Waals surface area contributed by atoms with Gasteiger partial charge in [-0.25, -0.2) is 0 Å². The molecule has 11 heteroatoms.